The Bertz CT molecular complexity index is 5740. The van der Waals surface area contributed by atoms with Crippen molar-refractivity contribution in [1.82, 2.24) is 35.6 Å². The third-order valence-electron chi connectivity index (χ3n) is 22.3. The van der Waals surface area contributed by atoms with Crippen LogP contribution in [0.15, 0.2) is 204 Å². The van der Waals surface area contributed by atoms with Crippen LogP contribution >= 0.6 is 47.8 Å². The summed E-state index contributed by atoms with van der Waals surface area (Å²) in [6.45, 7) is 31.9. The molecule has 8 aromatic carbocycles. The van der Waals surface area contributed by atoms with E-state index in [2.05, 4.69) is 158 Å². The molecule has 0 saturated carbocycles. The van der Waals surface area contributed by atoms with Gasteiger partial charge in [0.25, 0.3) is 49.9 Å². The minimum atomic E-state index is -4.95. The third-order valence-corrected chi connectivity index (χ3v) is 25.1. The summed E-state index contributed by atoms with van der Waals surface area (Å²) in [6.07, 6.45) is 1.26. The first-order chi connectivity index (χ1) is 65.8. The molecule has 1 unspecified atom stereocenters. The zero-order valence-electron chi connectivity index (χ0n) is 78.3. The third kappa shape index (κ3) is 39.6. The number of nitrogens with two attached hydrogens (primary N) is 2. The number of fused-ring (bicyclic) bond motifs is 5. The highest BCUT2D eigenvalue weighted by molar-refractivity contribution is 9.11. The maximum Gasteiger partial charge on any atom is 0.471 e. The fourth-order valence-electron chi connectivity index (χ4n) is 15.1. The Labute approximate surface area is 834 Å². The second-order valence-electron chi connectivity index (χ2n) is 33.0. The van der Waals surface area contributed by atoms with Crippen molar-refractivity contribution in [3.8, 4) is 0 Å². The molecule has 760 valence electrons. The molecule has 13 rings (SSSR count). The molecule has 0 aliphatic carbocycles. The van der Waals surface area contributed by atoms with E-state index in [1.165, 1.54) is 94.6 Å². The van der Waals surface area contributed by atoms with E-state index in [1.54, 1.807) is 60.7 Å². The average Bonchev–Trinajstić information content (AvgIpc) is 1.71. The van der Waals surface area contributed by atoms with Crippen LogP contribution in [0.1, 0.15) is 125 Å². The van der Waals surface area contributed by atoms with E-state index in [1.807, 2.05) is 24.3 Å². The number of carbonyl (C=O) groups excluding carboxylic acids is 2. The predicted octanol–water partition coefficient (Wildman–Crippen LogP) is 18.7. The number of carbonyl (C=O) groups is 2. The number of non-ortho nitro benzene ring substituents is 7. The number of anilines is 1. The highest BCUT2D eigenvalue weighted by Crippen LogP contribution is 2.36. The van der Waals surface area contributed by atoms with Gasteiger partial charge in [-0.15, -0.1) is 19.7 Å². The number of amides is 2. The summed E-state index contributed by atoms with van der Waals surface area (Å²) in [5.74, 6) is -2.20. The minimum Gasteiger partial charge on any atom is -0.399 e. The number of nitro groups is 7. The van der Waals surface area contributed by atoms with Gasteiger partial charge in [0, 0.05) is 184 Å². The van der Waals surface area contributed by atoms with Crippen LogP contribution in [-0.2, 0) is 75.3 Å². The lowest BCUT2D eigenvalue weighted by molar-refractivity contribution is -0.385. The summed E-state index contributed by atoms with van der Waals surface area (Å²) in [5.41, 5.74) is 25.7. The molecule has 8 aromatic rings. The fraction of sp³-hybridized carbons (Fsp3) is 0.389. The van der Waals surface area contributed by atoms with Gasteiger partial charge in [-0.2, -0.15) is 34.8 Å². The van der Waals surface area contributed by atoms with Crippen molar-refractivity contribution in [3.05, 3.63) is 347 Å². The summed E-state index contributed by atoms with van der Waals surface area (Å²) >= 11 is 9.65. The first kappa shape index (κ1) is 118. The van der Waals surface area contributed by atoms with Crippen molar-refractivity contribution in [2.45, 2.75) is 115 Å². The van der Waals surface area contributed by atoms with Crippen LogP contribution in [0.5, 0.6) is 0 Å². The smallest absolute Gasteiger partial charge is 0.399 e. The van der Waals surface area contributed by atoms with Gasteiger partial charge >= 0.3 is 24.2 Å². The summed E-state index contributed by atoms with van der Waals surface area (Å²) in [5, 5.41) is 84.3. The van der Waals surface area contributed by atoms with E-state index in [9.17, 15) is 115 Å². The molecule has 35 nitrogen and oxygen atoms in total. The lowest BCUT2D eigenvalue weighted by Gasteiger charge is -2.22. The Kier molecular flexibility index (Phi) is 48.7. The summed E-state index contributed by atoms with van der Waals surface area (Å²) in [4.78, 5) is 99.9. The minimum absolute atomic E-state index is 0. The van der Waals surface area contributed by atoms with Gasteiger partial charge in [0.15, 0.2) is 0 Å². The summed E-state index contributed by atoms with van der Waals surface area (Å²) in [6, 6.07) is 39.1. The van der Waals surface area contributed by atoms with E-state index < -0.39 is 54.0 Å². The lowest BCUT2D eigenvalue weighted by atomic mass is 9.95. The standard InChI is InChI=1S/C13H12BrF3N2O3.C13H11F3N2O3.C12H16N2O2.C12H18N2.C11H13BrN2O2.2C11H14N2O2.C9H10BrNO5S.C3H7N.H2/c1-2-6-18(12(20)13(15,16)17)7-5-9-3-4-10(19(21)22)8-11(9)14;1-8-7-17(12(19)13(14,15)16)5-4-9-2-3-10(18(20)21)6-11(8)9;1-9-8-13(2)6-5-10-3-4-11(14(15)16)7-12(9)10;1-9-8-14(2)6-5-10-3-4-11(13)7-12(9)10;1-2-6-13-7-5-9-3-4-10(14(15)16)8-11(9)12;2*1-8-7-12-5-4-9-2-3-10(13(14)15)6-11(8)9;1-17(14,15)16-5-4-7-2-3-8(11(12)13)6-9(7)10;1-2-3-4;/h2-4,8H,1,5-7H2;2-3,6H,1,4-5,7H2;3-4,7,9H,5-6,8H2,1-2H3;3-4,7,9H,5-6,8,13H2,1-2H3;2-4,8,13H,1,5-7H2;2*2-3,6,8,12H,4-5,7H2,1H3;2-3,6H,4-5H2,1H3;2H,1,3-4H2;1H/t;;2*9-;;8-;;;;/m..11.1..../s1. The molecule has 140 heavy (non-hydrogen) atoms. The van der Waals surface area contributed by atoms with Crippen molar-refractivity contribution < 1.29 is 84.4 Å². The predicted molar refractivity (Wildman–Crippen MR) is 539 cm³/mol. The Morgan fingerprint density at radius 1 is 0.514 bits per heavy atom. The fourth-order valence-corrected chi connectivity index (χ4v) is 17.1. The number of nitrogen functional groups attached to an aromatic ring is 1. The number of nitro benzene ring substituents is 7. The van der Waals surface area contributed by atoms with E-state index in [0.29, 0.717) is 72.1 Å². The number of alkyl halides is 6. The first-order valence-corrected chi connectivity index (χ1v) is 48.0. The zero-order valence-corrected chi connectivity index (χ0v) is 83.9. The molecule has 5 heterocycles. The van der Waals surface area contributed by atoms with Crippen LogP contribution in [0.25, 0.3) is 5.57 Å². The van der Waals surface area contributed by atoms with E-state index in [0.717, 1.165) is 142 Å². The highest BCUT2D eigenvalue weighted by Gasteiger charge is 2.44. The van der Waals surface area contributed by atoms with Gasteiger partial charge in [-0.3, -0.25) is 84.6 Å². The number of nitrogens with zero attached hydrogens (tertiary/aromatic N) is 11. The molecule has 4 atom stereocenters. The van der Waals surface area contributed by atoms with E-state index >= 15 is 0 Å². The molecule has 0 saturated heterocycles. The molecule has 2 amide bonds. The highest BCUT2D eigenvalue weighted by atomic mass is 79.9. The summed E-state index contributed by atoms with van der Waals surface area (Å²) in [7, 11) is 0.828. The second-order valence-corrected chi connectivity index (χ2v) is 37.2. The average molecular weight is 2170 g/mol. The normalized spacial score (nSPS) is 15.9. The molecule has 5 aliphatic rings. The monoisotopic (exact) mass is 2170 g/mol. The first-order valence-electron chi connectivity index (χ1n) is 43.9. The lowest BCUT2D eigenvalue weighted by Crippen LogP contribution is -2.42. The number of rotatable bonds is 22. The Morgan fingerprint density at radius 2 is 0.871 bits per heavy atom. The van der Waals surface area contributed by atoms with E-state index in [4.69, 9.17) is 11.5 Å². The molecule has 0 radical (unpaired) electrons. The molecular weight excluding hydrogens is 2050 g/mol. The van der Waals surface area contributed by atoms with Gasteiger partial charge in [-0.1, -0.05) is 149 Å². The molecule has 0 bridgehead atoms. The number of hydrogen-bond donors (Lipinski definition) is 5. The molecule has 0 aromatic heterocycles. The quantitative estimate of drug-likeness (QED) is 0.00800. The van der Waals surface area contributed by atoms with Gasteiger partial charge in [0.05, 0.1) is 47.3 Å². The van der Waals surface area contributed by atoms with Crippen molar-refractivity contribution in [1.29, 1.82) is 0 Å². The van der Waals surface area contributed by atoms with Gasteiger partial charge in [0.2, 0.25) is 0 Å². The second kappa shape index (κ2) is 57.6. The summed E-state index contributed by atoms with van der Waals surface area (Å²) < 4.78 is 103. The maximum absolute atomic E-state index is 12.5. The Hall–Kier alpha value is -12.1. The SMILES string of the molecule is C=C1CN(C(=O)C(F)(F)F)CCc2ccc([N+](=O)[O-])cc21.C=CCN.C=CCN(CCc1ccc([N+](=O)[O-])cc1Br)C(=O)C(F)(F)F.C=CCNCCc1ccc([N+](=O)[O-])cc1Br.CC1CNCCc2ccc([N+](=O)[O-])cc21.CS(=O)(=O)OCCc1ccc([N+](=O)[O-])cc1Br.C[C@@H]1CN(C)CCc2ccc(N)cc21.C[C@@H]1CN(C)CCc2ccc([N+](=O)[O-])cc21.C[C@@H]1CNCCc2ccc([N+](=O)[O-])cc21.[HH]. The number of nitrogens with one attached hydrogen (secondary N) is 3. The Balaban J connectivity index is 0.000000335. The van der Waals surface area contributed by atoms with Crippen LogP contribution in [0, 0.1) is 70.8 Å². The Morgan fingerprint density at radius 3 is 1.25 bits per heavy atom. The van der Waals surface area contributed by atoms with Gasteiger partial charge in [0.1, 0.15) is 0 Å². The van der Waals surface area contributed by atoms with Crippen molar-refractivity contribution >= 4 is 121 Å². The number of hydrogen-bond acceptors (Lipinski definition) is 26. The topological polar surface area (TPSA) is 481 Å². The van der Waals surface area contributed by atoms with Crippen LogP contribution in [-0.4, -0.2) is 212 Å². The van der Waals surface area contributed by atoms with Crippen molar-refractivity contribution in [2.24, 2.45) is 5.73 Å². The van der Waals surface area contributed by atoms with Crippen LogP contribution in [0.3, 0.4) is 0 Å². The van der Waals surface area contributed by atoms with Gasteiger partial charge in [-0.05, 0) is 199 Å². The zero-order chi connectivity index (χ0) is 105. The molecule has 0 spiro atoms. The molecule has 0 fully saturated rings. The van der Waals surface area contributed by atoms with Crippen molar-refractivity contribution in [3.63, 3.8) is 0 Å². The van der Waals surface area contributed by atoms with Crippen LogP contribution < -0.4 is 27.4 Å². The number of benzene rings is 8. The van der Waals surface area contributed by atoms with Gasteiger partial charge < -0.3 is 47.0 Å². The van der Waals surface area contributed by atoms with E-state index in [-0.39, 0.29) is 107 Å². The molecule has 45 heteroatoms. The maximum atomic E-state index is 12.5. The van der Waals surface area contributed by atoms with Gasteiger partial charge in [-0.25, -0.2) is 0 Å². The number of likely N-dealkylation sites (N-methyl/N-ethyl adjacent to an activating group) is 2. The molecule has 7 N–H and O–H groups in total. The molecule has 5 aliphatic heterocycles. The largest absolute Gasteiger partial charge is 0.471 e. The van der Waals surface area contributed by atoms with Crippen LogP contribution in [0.2, 0.25) is 0 Å². The number of halogens is 9. The van der Waals surface area contributed by atoms with Crippen LogP contribution in [0.4, 0.5) is 71.8 Å². The van der Waals surface area contributed by atoms with Crippen molar-refractivity contribution in [2.75, 3.05) is 131 Å². The molecular formula is C95H117Br3F6N16O19S.